The van der Waals surface area contributed by atoms with E-state index < -0.39 is 0 Å². The highest BCUT2D eigenvalue weighted by molar-refractivity contribution is 7.99. The van der Waals surface area contributed by atoms with E-state index in [0.29, 0.717) is 11.8 Å². The molecule has 112 valence electrons. The van der Waals surface area contributed by atoms with E-state index in [9.17, 15) is 4.79 Å². The number of anilines is 1. The fourth-order valence-corrected chi connectivity index (χ4v) is 2.51. The van der Waals surface area contributed by atoms with Crippen LogP contribution in [0.5, 0.6) is 0 Å². The highest BCUT2D eigenvalue weighted by Crippen LogP contribution is 2.27. The predicted octanol–water partition coefficient (Wildman–Crippen LogP) is 3.20. The van der Waals surface area contributed by atoms with Crippen LogP contribution in [-0.2, 0) is 6.54 Å². The standard InChI is InChI=1S/C14H18N4O2S/c1-3-8-21-12-7-5-4-6-11(12)16-14(19)15-9-13-18-17-10(2)20-13/h4-7H,3,8-9H2,1-2H3,(H2,15,16,19). The third kappa shape index (κ3) is 4.78. The molecule has 0 spiro atoms. The second-order valence-electron chi connectivity index (χ2n) is 4.37. The first-order valence-corrected chi connectivity index (χ1v) is 7.73. The van der Waals surface area contributed by atoms with Gasteiger partial charge in [0, 0.05) is 11.8 Å². The van der Waals surface area contributed by atoms with Crippen molar-refractivity contribution in [3.63, 3.8) is 0 Å². The van der Waals surface area contributed by atoms with Crippen LogP contribution in [0.1, 0.15) is 25.1 Å². The fraction of sp³-hybridized carbons (Fsp3) is 0.357. The molecule has 2 N–H and O–H groups in total. The van der Waals surface area contributed by atoms with E-state index in [0.717, 1.165) is 22.8 Å². The van der Waals surface area contributed by atoms with Crippen LogP contribution in [0.3, 0.4) is 0 Å². The van der Waals surface area contributed by atoms with Crippen LogP contribution < -0.4 is 10.6 Å². The van der Waals surface area contributed by atoms with Crippen molar-refractivity contribution in [2.24, 2.45) is 0 Å². The van der Waals surface area contributed by atoms with Gasteiger partial charge in [0.2, 0.25) is 11.8 Å². The third-order valence-corrected chi connectivity index (χ3v) is 3.84. The van der Waals surface area contributed by atoms with E-state index in [-0.39, 0.29) is 12.6 Å². The summed E-state index contributed by atoms with van der Waals surface area (Å²) in [6.45, 7) is 4.04. The molecule has 1 aromatic carbocycles. The molecule has 0 atom stereocenters. The van der Waals surface area contributed by atoms with Crippen LogP contribution in [0, 0.1) is 6.92 Å². The molecule has 0 saturated carbocycles. The number of amides is 2. The summed E-state index contributed by atoms with van der Waals surface area (Å²) in [5, 5.41) is 13.0. The van der Waals surface area contributed by atoms with Crippen LogP contribution in [0.15, 0.2) is 33.6 Å². The van der Waals surface area contributed by atoms with Gasteiger partial charge < -0.3 is 15.1 Å². The SMILES string of the molecule is CCCSc1ccccc1NC(=O)NCc1nnc(C)o1. The minimum absolute atomic E-state index is 0.205. The van der Waals surface area contributed by atoms with Crippen molar-refractivity contribution in [2.75, 3.05) is 11.1 Å². The molecular formula is C14H18N4O2S. The third-order valence-electron chi connectivity index (χ3n) is 2.56. The van der Waals surface area contributed by atoms with E-state index in [1.807, 2.05) is 24.3 Å². The Labute approximate surface area is 127 Å². The molecule has 1 heterocycles. The largest absolute Gasteiger partial charge is 0.424 e. The van der Waals surface area contributed by atoms with Gasteiger partial charge in [-0.2, -0.15) is 0 Å². The minimum atomic E-state index is -0.296. The molecule has 0 bridgehead atoms. The Morgan fingerprint density at radius 2 is 2.14 bits per heavy atom. The molecule has 1 aromatic heterocycles. The van der Waals surface area contributed by atoms with E-state index >= 15 is 0 Å². The summed E-state index contributed by atoms with van der Waals surface area (Å²) in [6, 6.07) is 7.44. The first kappa shape index (κ1) is 15.4. The lowest BCUT2D eigenvalue weighted by molar-refractivity contribution is 0.250. The molecule has 0 fully saturated rings. The molecule has 2 amide bonds. The van der Waals surface area contributed by atoms with Crippen LogP contribution in [0.4, 0.5) is 10.5 Å². The van der Waals surface area contributed by atoms with Crippen LogP contribution in [-0.4, -0.2) is 22.0 Å². The van der Waals surface area contributed by atoms with Crippen LogP contribution in [0.2, 0.25) is 0 Å². The van der Waals surface area contributed by atoms with Crippen LogP contribution >= 0.6 is 11.8 Å². The number of aryl methyl sites for hydroxylation is 1. The van der Waals surface area contributed by atoms with Crippen molar-refractivity contribution in [1.82, 2.24) is 15.5 Å². The minimum Gasteiger partial charge on any atom is -0.424 e. The van der Waals surface area contributed by atoms with Gasteiger partial charge in [0.05, 0.1) is 12.2 Å². The lowest BCUT2D eigenvalue weighted by Crippen LogP contribution is -2.28. The Morgan fingerprint density at radius 1 is 1.33 bits per heavy atom. The van der Waals surface area contributed by atoms with Gasteiger partial charge in [-0.25, -0.2) is 4.79 Å². The Balaban J connectivity index is 1.90. The van der Waals surface area contributed by atoms with Crippen molar-refractivity contribution in [2.45, 2.75) is 31.7 Å². The number of aromatic nitrogens is 2. The number of carbonyl (C=O) groups excluding carboxylic acids is 1. The van der Waals surface area contributed by atoms with Crippen molar-refractivity contribution in [3.8, 4) is 0 Å². The van der Waals surface area contributed by atoms with Gasteiger partial charge in [0.15, 0.2) is 0 Å². The molecule has 2 aromatic rings. The summed E-state index contributed by atoms with van der Waals surface area (Å²) < 4.78 is 5.19. The summed E-state index contributed by atoms with van der Waals surface area (Å²) in [6.07, 6.45) is 1.09. The first-order valence-electron chi connectivity index (χ1n) is 6.74. The Bertz CT molecular complexity index is 600. The maximum atomic E-state index is 11.9. The van der Waals surface area contributed by atoms with Gasteiger partial charge in [-0.15, -0.1) is 22.0 Å². The van der Waals surface area contributed by atoms with E-state index in [4.69, 9.17) is 4.42 Å². The quantitative estimate of drug-likeness (QED) is 0.801. The number of hydrogen-bond donors (Lipinski definition) is 2. The second kappa shape index (κ2) is 7.68. The van der Waals surface area contributed by atoms with E-state index in [2.05, 4.69) is 27.8 Å². The fourth-order valence-electron chi connectivity index (χ4n) is 1.64. The molecule has 2 rings (SSSR count). The summed E-state index contributed by atoms with van der Waals surface area (Å²) in [4.78, 5) is 13.0. The van der Waals surface area contributed by atoms with Gasteiger partial charge in [0.1, 0.15) is 0 Å². The normalized spacial score (nSPS) is 10.4. The number of benzene rings is 1. The van der Waals surface area contributed by atoms with Crippen molar-refractivity contribution < 1.29 is 9.21 Å². The summed E-state index contributed by atoms with van der Waals surface area (Å²) >= 11 is 1.72. The molecule has 0 radical (unpaired) electrons. The van der Waals surface area contributed by atoms with Crippen molar-refractivity contribution in [1.29, 1.82) is 0 Å². The second-order valence-corrected chi connectivity index (χ2v) is 5.50. The molecule has 0 unspecified atom stereocenters. The zero-order valence-electron chi connectivity index (χ0n) is 12.0. The monoisotopic (exact) mass is 306 g/mol. The number of para-hydroxylation sites is 1. The smallest absolute Gasteiger partial charge is 0.319 e. The number of nitrogens with one attached hydrogen (secondary N) is 2. The van der Waals surface area contributed by atoms with Crippen molar-refractivity contribution >= 4 is 23.5 Å². The lowest BCUT2D eigenvalue weighted by atomic mass is 10.3. The Morgan fingerprint density at radius 3 is 2.86 bits per heavy atom. The first-order chi connectivity index (χ1) is 10.2. The van der Waals surface area contributed by atoms with Gasteiger partial charge in [-0.1, -0.05) is 19.1 Å². The molecule has 0 aliphatic heterocycles. The van der Waals surface area contributed by atoms with E-state index in [1.54, 1.807) is 18.7 Å². The zero-order chi connectivity index (χ0) is 15.1. The van der Waals surface area contributed by atoms with Gasteiger partial charge >= 0.3 is 6.03 Å². The Hall–Kier alpha value is -2.02. The topological polar surface area (TPSA) is 80.0 Å². The number of carbonyl (C=O) groups is 1. The summed E-state index contributed by atoms with van der Waals surface area (Å²) in [7, 11) is 0. The van der Waals surface area contributed by atoms with E-state index in [1.165, 1.54) is 0 Å². The van der Waals surface area contributed by atoms with Crippen molar-refractivity contribution in [3.05, 3.63) is 36.0 Å². The molecular weight excluding hydrogens is 288 g/mol. The number of thioether (sulfide) groups is 1. The van der Waals surface area contributed by atoms with Gasteiger partial charge in [0.25, 0.3) is 0 Å². The number of nitrogens with zero attached hydrogens (tertiary/aromatic N) is 2. The highest BCUT2D eigenvalue weighted by atomic mass is 32.2. The Kier molecular flexibility index (Phi) is 5.62. The maximum absolute atomic E-state index is 11.9. The maximum Gasteiger partial charge on any atom is 0.319 e. The number of urea groups is 1. The lowest BCUT2D eigenvalue weighted by Gasteiger charge is -2.10. The summed E-state index contributed by atoms with van der Waals surface area (Å²) in [5.41, 5.74) is 0.801. The van der Waals surface area contributed by atoms with Gasteiger partial charge in [-0.3, -0.25) is 0 Å². The number of hydrogen-bond acceptors (Lipinski definition) is 5. The highest BCUT2D eigenvalue weighted by Gasteiger charge is 2.08. The molecule has 0 aliphatic rings. The predicted molar refractivity (Wildman–Crippen MR) is 82.4 cm³/mol. The summed E-state index contributed by atoms with van der Waals surface area (Å²) in [5.74, 6) is 1.88. The zero-order valence-corrected chi connectivity index (χ0v) is 12.9. The molecule has 21 heavy (non-hydrogen) atoms. The average molecular weight is 306 g/mol. The number of rotatable bonds is 6. The molecule has 7 heteroatoms. The molecule has 0 saturated heterocycles. The molecule has 0 aliphatic carbocycles. The molecule has 6 nitrogen and oxygen atoms in total. The average Bonchev–Trinajstić information content (AvgIpc) is 2.90. The van der Waals surface area contributed by atoms with Crippen LogP contribution in [0.25, 0.3) is 0 Å². The van der Waals surface area contributed by atoms with Gasteiger partial charge in [-0.05, 0) is 24.3 Å².